The van der Waals surface area contributed by atoms with Crippen LogP contribution in [0.1, 0.15) is 11.4 Å². The third-order valence-electron chi connectivity index (χ3n) is 4.25. The Morgan fingerprint density at radius 3 is 1.84 bits per heavy atom. The van der Waals surface area contributed by atoms with Crippen LogP contribution in [-0.2, 0) is 0 Å². The Kier molecular flexibility index (Phi) is 3.52. The highest BCUT2D eigenvalue weighted by Gasteiger charge is 2.28. The van der Waals surface area contributed by atoms with Crippen molar-refractivity contribution in [1.82, 2.24) is 18.8 Å². The van der Waals surface area contributed by atoms with E-state index in [1.165, 1.54) is 16.2 Å². The standard InChI is InChI=1S/C18H15N4PS2/c1-12-15(21-8-10-24-17(21)19-12)23(14-6-4-3-5-7-14)16-13(2)20-18-22(16)9-11-25-18/h3-11H,1-2H3. The lowest BCUT2D eigenvalue weighted by Crippen LogP contribution is -2.28. The molecule has 0 amide bonds. The van der Waals surface area contributed by atoms with Crippen molar-refractivity contribution in [2.45, 2.75) is 13.8 Å². The van der Waals surface area contributed by atoms with Crippen LogP contribution in [0.25, 0.3) is 9.92 Å². The van der Waals surface area contributed by atoms with Crippen LogP contribution in [0.3, 0.4) is 0 Å². The minimum absolute atomic E-state index is 0.747. The summed E-state index contributed by atoms with van der Waals surface area (Å²) in [7, 11) is -0.747. The van der Waals surface area contributed by atoms with Gasteiger partial charge in [-0.1, -0.05) is 30.3 Å². The molecule has 25 heavy (non-hydrogen) atoms. The zero-order chi connectivity index (χ0) is 17.0. The Balaban J connectivity index is 1.87. The Morgan fingerprint density at radius 1 is 0.800 bits per heavy atom. The minimum atomic E-state index is -0.747. The Hall–Kier alpha value is -2.01. The van der Waals surface area contributed by atoms with Crippen molar-refractivity contribution in [2.24, 2.45) is 0 Å². The first-order valence-electron chi connectivity index (χ1n) is 7.93. The summed E-state index contributed by atoms with van der Waals surface area (Å²) in [5, 5.41) is 5.53. The number of rotatable bonds is 3. The van der Waals surface area contributed by atoms with Crippen LogP contribution in [0.15, 0.2) is 53.5 Å². The molecule has 0 spiro atoms. The second-order valence-corrected chi connectivity index (χ2v) is 9.60. The minimum Gasteiger partial charge on any atom is -0.290 e. The van der Waals surface area contributed by atoms with E-state index in [0.29, 0.717) is 0 Å². The molecule has 0 fully saturated rings. The van der Waals surface area contributed by atoms with E-state index in [2.05, 4.69) is 76.1 Å². The highest BCUT2D eigenvalue weighted by atomic mass is 32.1. The molecule has 0 bridgehead atoms. The van der Waals surface area contributed by atoms with Gasteiger partial charge in [0.1, 0.15) is 0 Å². The molecular weight excluding hydrogens is 367 g/mol. The lowest BCUT2D eigenvalue weighted by Gasteiger charge is -2.19. The van der Waals surface area contributed by atoms with Gasteiger partial charge in [-0.15, -0.1) is 22.7 Å². The van der Waals surface area contributed by atoms with Crippen LogP contribution in [0.4, 0.5) is 0 Å². The maximum atomic E-state index is 4.80. The van der Waals surface area contributed by atoms with Crippen molar-refractivity contribution in [3.63, 3.8) is 0 Å². The van der Waals surface area contributed by atoms with Gasteiger partial charge in [0.15, 0.2) is 9.92 Å². The second kappa shape index (κ2) is 5.77. The third-order valence-corrected chi connectivity index (χ3v) is 8.50. The van der Waals surface area contributed by atoms with Gasteiger partial charge < -0.3 is 0 Å². The van der Waals surface area contributed by atoms with Crippen molar-refractivity contribution in [3.8, 4) is 0 Å². The first kappa shape index (κ1) is 15.3. The van der Waals surface area contributed by atoms with E-state index in [9.17, 15) is 0 Å². The molecule has 0 atom stereocenters. The van der Waals surface area contributed by atoms with E-state index in [1.807, 2.05) is 0 Å². The molecule has 5 rings (SSSR count). The number of hydrogen-bond donors (Lipinski definition) is 0. The molecule has 0 unspecified atom stereocenters. The van der Waals surface area contributed by atoms with Crippen LogP contribution in [0.5, 0.6) is 0 Å². The van der Waals surface area contributed by atoms with E-state index in [0.717, 1.165) is 21.3 Å². The summed E-state index contributed by atoms with van der Waals surface area (Å²) >= 11 is 3.37. The number of imidazole rings is 2. The van der Waals surface area contributed by atoms with E-state index < -0.39 is 7.92 Å². The number of aromatic nitrogens is 4. The maximum Gasteiger partial charge on any atom is 0.194 e. The summed E-state index contributed by atoms with van der Waals surface area (Å²) in [6.07, 6.45) is 4.27. The smallest absolute Gasteiger partial charge is 0.194 e. The van der Waals surface area contributed by atoms with Gasteiger partial charge in [0, 0.05) is 31.1 Å². The quantitative estimate of drug-likeness (QED) is 0.448. The molecule has 0 radical (unpaired) electrons. The van der Waals surface area contributed by atoms with Crippen molar-refractivity contribution in [2.75, 3.05) is 0 Å². The van der Waals surface area contributed by atoms with Crippen LogP contribution in [-0.4, -0.2) is 18.8 Å². The molecule has 1 aromatic carbocycles. The van der Waals surface area contributed by atoms with Crippen molar-refractivity contribution >= 4 is 56.7 Å². The SMILES string of the molecule is Cc1nc2sccn2c1P(c1ccccc1)c1c(C)nc2sccn12. The molecule has 4 heterocycles. The van der Waals surface area contributed by atoms with Gasteiger partial charge in [-0.2, -0.15) is 0 Å². The summed E-state index contributed by atoms with van der Waals surface area (Å²) < 4.78 is 4.51. The number of nitrogens with zero attached hydrogens (tertiary/aromatic N) is 4. The molecular formula is C18H15N4PS2. The number of hydrogen-bond acceptors (Lipinski definition) is 4. The predicted octanol–water partition coefficient (Wildman–Crippen LogP) is 3.48. The number of thiazole rings is 2. The molecule has 0 aliphatic heterocycles. The van der Waals surface area contributed by atoms with Gasteiger partial charge >= 0.3 is 0 Å². The average molecular weight is 382 g/mol. The van der Waals surface area contributed by atoms with Gasteiger partial charge in [0.25, 0.3) is 0 Å². The van der Waals surface area contributed by atoms with Crippen LogP contribution in [0, 0.1) is 13.8 Å². The molecule has 124 valence electrons. The lowest BCUT2D eigenvalue weighted by molar-refractivity contribution is 1.26. The Bertz CT molecular complexity index is 1110. The molecule has 0 aliphatic rings. The number of aryl methyl sites for hydroxylation is 2. The first-order valence-corrected chi connectivity index (χ1v) is 11.0. The fourth-order valence-electron chi connectivity index (χ4n) is 3.22. The molecule has 4 aromatic heterocycles. The summed E-state index contributed by atoms with van der Waals surface area (Å²) in [4.78, 5) is 11.7. The molecule has 0 N–H and O–H groups in total. The van der Waals surface area contributed by atoms with Gasteiger partial charge in [0.2, 0.25) is 0 Å². The largest absolute Gasteiger partial charge is 0.290 e. The Morgan fingerprint density at radius 2 is 1.32 bits per heavy atom. The highest BCUT2D eigenvalue weighted by Crippen LogP contribution is 2.36. The summed E-state index contributed by atoms with van der Waals surface area (Å²) in [6.45, 7) is 4.24. The number of fused-ring (bicyclic) bond motifs is 2. The van der Waals surface area contributed by atoms with E-state index in [1.54, 1.807) is 22.7 Å². The predicted molar refractivity (Wildman–Crippen MR) is 108 cm³/mol. The average Bonchev–Trinajstić information content (AvgIpc) is 3.34. The zero-order valence-electron chi connectivity index (χ0n) is 13.7. The van der Waals surface area contributed by atoms with Gasteiger partial charge in [0.05, 0.1) is 22.3 Å². The molecule has 5 aromatic rings. The van der Waals surface area contributed by atoms with Crippen molar-refractivity contribution in [3.05, 3.63) is 64.9 Å². The summed E-state index contributed by atoms with van der Waals surface area (Å²) in [5.74, 6) is 0. The summed E-state index contributed by atoms with van der Waals surface area (Å²) in [6, 6.07) is 10.8. The van der Waals surface area contributed by atoms with Crippen LogP contribution < -0.4 is 16.2 Å². The van der Waals surface area contributed by atoms with E-state index in [-0.39, 0.29) is 0 Å². The van der Waals surface area contributed by atoms with E-state index >= 15 is 0 Å². The van der Waals surface area contributed by atoms with Crippen LogP contribution in [0.2, 0.25) is 0 Å². The maximum absolute atomic E-state index is 4.80. The monoisotopic (exact) mass is 382 g/mol. The molecule has 7 heteroatoms. The molecule has 4 nitrogen and oxygen atoms in total. The van der Waals surface area contributed by atoms with Crippen molar-refractivity contribution in [1.29, 1.82) is 0 Å². The first-order chi connectivity index (χ1) is 12.2. The Labute approximate surface area is 154 Å². The fourth-order valence-corrected chi connectivity index (χ4v) is 7.54. The number of benzene rings is 1. The molecule has 0 aliphatic carbocycles. The van der Waals surface area contributed by atoms with Gasteiger partial charge in [-0.3, -0.25) is 8.80 Å². The normalized spacial score (nSPS) is 12.0. The van der Waals surface area contributed by atoms with Gasteiger partial charge in [-0.25, -0.2) is 9.97 Å². The van der Waals surface area contributed by atoms with Gasteiger partial charge in [-0.05, 0) is 19.2 Å². The van der Waals surface area contributed by atoms with Crippen molar-refractivity contribution < 1.29 is 0 Å². The topological polar surface area (TPSA) is 34.6 Å². The van der Waals surface area contributed by atoms with E-state index in [4.69, 9.17) is 9.97 Å². The highest BCUT2D eigenvalue weighted by molar-refractivity contribution is 7.79. The van der Waals surface area contributed by atoms with Crippen LogP contribution >= 0.6 is 30.6 Å². The summed E-state index contributed by atoms with van der Waals surface area (Å²) in [5.41, 5.74) is 4.78. The molecule has 0 saturated heterocycles. The molecule has 0 saturated carbocycles. The lowest BCUT2D eigenvalue weighted by atomic mass is 10.4. The third kappa shape index (κ3) is 2.29. The second-order valence-electron chi connectivity index (χ2n) is 5.82. The zero-order valence-corrected chi connectivity index (χ0v) is 16.3. The fraction of sp³-hybridized carbons (Fsp3) is 0.111.